The molecule has 4 rings (SSSR count). The van der Waals surface area contributed by atoms with Crippen molar-refractivity contribution >= 4 is 5.91 Å². The Morgan fingerprint density at radius 2 is 2.00 bits per heavy atom. The molecule has 0 bridgehead atoms. The van der Waals surface area contributed by atoms with Gasteiger partial charge in [-0.25, -0.2) is 4.98 Å². The maximum absolute atomic E-state index is 12.2. The van der Waals surface area contributed by atoms with Gasteiger partial charge in [-0.3, -0.25) is 4.79 Å². The number of carbonyl (C=O) groups is 1. The minimum Gasteiger partial charge on any atom is -0.493 e. The first-order chi connectivity index (χ1) is 13.7. The summed E-state index contributed by atoms with van der Waals surface area (Å²) in [6.07, 6.45) is 6.58. The molecule has 1 aliphatic rings. The second kappa shape index (κ2) is 7.53. The van der Waals surface area contributed by atoms with Gasteiger partial charge < -0.3 is 10.4 Å². The fourth-order valence-corrected chi connectivity index (χ4v) is 2.98. The van der Waals surface area contributed by atoms with Gasteiger partial charge in [0, 0.05) is 12.7 Å². The average Bonchev–Trinajstić information content (AvgIpc) is 3.48. The lowest BCUT2D eigenvalue weighted by Crippen LogP contribution is -2.24. The molecular weight excluding hydrogens is 354 g/mol. The molecule has 1 fully saturated rings. The lowest BCUT2D eigenvalue weighted by molar-refractivity contribution is 0.0952. The summed E-state index contributed by atoms with van der Waals surface area (Å²) in [7, 11) is 0. The van der Waals surface area contributed by atoms with E-state index in [1.165, 1.54) is 29.9 Å². The smallest absolute Gasteiger partial charge is 0.252 e. The summed E-state index contributed by atoms with van der Waals surface area (Å²) in [4.78, 5) is 16.4. The predicted molar refractivity (Wildman–Crippen MR) is 103 cm³/mol. The van der Waals surface area contributed by atoms with Crippen LogP contribution in [0.25, 0.3) is 16.9 Å². The minimum atomic E-state index is -0.150. The normalized spacial score (nSPS) is 13.1. The van der Waals surface area contributed by atoms with Crippen molar-refractivity contribution in [3.05, 3.63) is 59.9 Å². The van der Waals surface area contributed by atoms with Crippen LogP contribution >= 0.6 is 0 Å². The quantitative estimate of drug-likeness (QED) is 0.691. The molecule has 1 saturated carbocycles. The number of nitrogens with one attached hydrogen (secondary N) is 1. The van der Waals surface area contributed by atoms with E-state index in [0.717, 1.165) is 17.9 Å². The number of hydrogen-bond acceptors (Lipinski definition) is 5. The number of benzene rings is 1. The Bertz CT molecular complexity index is 1030. The Labute approximate surface area is 162 Å². The van der Waals surface area contributed by atoms with Crippen LogP contribution in [0.15, 0.2) is 48.8 Å². The van der Waals surface area contributed by atoms with E-state index in [-0.39, 0.29) is 11.8 Å². The Balaban J connectivity index is 1.48. The number of aromatic hydroxyl groups is 1. The number of pyridine rings is 1. The SMILES string of the molecule is N#Cc1ccc(-c2cnn(-c3ccc(C(=O)NCCC4CC4)cn3)c2O)cc1. The molecule has 0 aliphatic heterocycles. The maximum Gasteiger partial charge on any atom is 0.252 e. The molecule has 28 heavy (non-hydrogen) atoms. The van der Waals surface area contributed by atoms with Crippen molar-refractivity contribution in [3.8, 4) is 28.9 Å². The molecule has 0 unspecified atom stereocenters. The molecule has 2 N–H and O–H groups in total. The number of carbonyl (C=O) groups excluding carboxylic acids is 1. The van der Waals surface area contributed by atoms with Crippen molar-refractivity contribution in [3.63, 3.8) is 0 Å². The summed E-state index contributed by atoms with van der Waals surface area (Å²) < 4.78 is 1.31. The zero-order chi connectivity index (χ0) is 19.5. The third-order valence-electron chi connectivity index (χ3n) is 4.83. The van der Waals surface area contributed by atoms with Gasteiger partial charge in [0.1, 0.15) is 0 Å². The van der Waals surface area contributed by atoms with Crippen molar-refractivity contribution in [1.82, 2.24) is 20.1 Å². The van der Waals surface area contributed by atoms with Gasteiger partial charge in [-0.05, 0) is 42.2 Å². The molecule has 1 amide bonds. The first kappa shape index (κ1) is 17.7. The van der Waals surface area contributed by atoms with Crippen LogP contribution in [0.2, 0.25) is 0 Å². The van der Waals surface area contributed by atoms with E-state index in [2.05, 4.69) is 21.5 Å². The third-order valence-corrected chi connectivity index (χ3v) is 4.83. The molecule has 0 spiro atoms. The molecule has 0 atom stereocenters. The predicted octanol–water partition coefficient (Wildman–Crippen LogP) is 3.04. The highest BCUT2D eigenvalue weighted by Gasteiger charge is 2.21. The van der Waals surface area contributed by atoms with E-state index in [9.17, 15) is 9.90 Å². The fourth-order valence-electron chi connectivity index (χ4n) is 2.98. The van der Waals surface area contributed by atoms with Gasteiger partial charge in [-0.15, -0.1) is 0 Å². The lowest BCUT2D eigenvalue weighted by atomic mass is 10.1. The van der Waals surface area contributed by atoms with Crippen molar-refractivity contribution in [2.24, 2.45) is 5.92 Å². The van der Waals surface area contributed by atoms with Crippen molar-refractivity contribution in [1.29, 1.82) is 5.26 Å². The molecule has 1 aromatic carbocycles. The molecule has 7 heteroatoms. The van der Waals surface area contributed by atoms with Gasteiger partial charge in [0.15, 0.2) is 5.82 Å². The average molecular weight is 373 g/mol. The van der Waals surface area contributed by atoms with Crippen molar-refractivity contribution < 1.29 is 9.90 Å². The topological polar surface area (TPSA) is 104 Å². The zero-order valence-corrected chi connectivity index (χ0v) is 15.2. The van der Waals surface area contributed by atoms with Crippen LogP contribution in [-0.2, 0) is 0 Å². The van der Waals surface area contributed by atoms with Crippen LogP contribution in [0.5, 0.6) is 5.88 Å². The van der Waals surface area contributed by atoms with E-state index < -0.39 is 0 Å². The summed E-state index contributed by atoms with van der Waals surface area (Å²) in [5.74, 6) is 0.974. The van der Waals surface area contributed by atoms with E-state index in [1.807, 2.05) is 0 Å². The van der Waals surface area contributed by atoms with Crippen LogP contribution in [0.4, 0.5) is 0 Å². The number of rotatable bonds is 6. The monoisotopic (exact) mass is 373 g/mol. The van der Waals surface area contributed by atoms with E-state index in [0.29, 0.717) is 29.1 Å². The van der Waals surface area contributed by atoms with Gasteiger partial charge in [0.25, 0.3) is 5.91 Å². The number of aromatic nitrogens is 3. The molecule has 7 nitrogen and oxygen atoms in total. The largest absolute Gasteiger partial charge is 0.493 e. The molecule has 0 saturated heterocycles. The third kappa shape index (κ3) is 3.71. The summed E-state index contributed by atoms with van der Waals surface area (Å²) in [5.41, 5.74) is 2.30. The van der Waals surface area contributed by atoms with Crippen LogP contribution in [0.1, 0.15) is 35.2 Å². The second-order valence-corrected chi connectivity index (χ2v) is 6.88. The van der Waals surface area contributed by atoms with Crippen LogP contribution < -0.4 is 5.32 Å². The van der Waals surface area contributed by atoms with Crippen LogP contribution in [0.3, 0.4) is 0 Å². The summed E-state index contributed by atoms with van der Waals surface area (Å²) in [6, 6.07) is 12.2. The summed E-state index contributed by atoms with van der Waals surface area (Å²) in [5, 5.41) is 26.5. The second-order valence-electron chi connectivity index (χ2n) is 6.88. The first-order valence-electron chi connectivity index (χ1n) is 9.18. The Hall–Kier alpha value is -3.66. The summed E-state index contributed by atoms with van der Waals surface area (Å²) in [6.45, 7) is 0.680. The van der Waals surface area contributed by atoms with Gasteiger partial charge in [0.2, 0.25) is 5.88 Å². The molecule has 2 aromatic heterocycles. The van der Waals surface area contributed by atoms with Crippen LogP contribution in [-0.4, -0.2) is 32.3 Å². The van der Waals surface area contributed by atoms with Crippen molar-refractivity contribution in [2.75, 3.05) is 6.54 Å². The number of hydrogen-bond donors (Lipinski definition) is 2. The van der Waals surface area contributed by atoms with E-state index in [1.54, 1.807) is 36.4 Å². The number of nitriles is 1. The molecule has 3 aromatic rings. The molecule has 1 aliphatic carbocycles. The van der Waals surface area contributed by atoms with Gasteiger partial charge in [-0.1, -0.05) is 25.0 Å². The van der Waals surface area contributed by atoms with E-state index >= 15 is 0 Å². The number of nitrogens with zero attached hydrogens (tertiary/aromatic N) is 4. The maximum atomic E-state index is 12.2. The Kier molecular flexibility index (Phi) is 4.77. The highest BCUT2D eigenvalue weighted by Crippen LogP contribution is 2.32. The lowest BCUT2D eigenvalue weighted by Gasteiger charge is -2.06. The first-order valence-corrected chi connectivity index (χ1v) is 9.18. The highest BCUT2D eigenvalue weighted by atomic mass is 16.3. The minimum absolute atomic E-state index is 0.0566. The van der Waals surface area contributed by atoms with Gasteiger partial charge in [-0.2, -0.15) is 15.0 Å². The Morgan fingerprint density at radius 3 is 2.64 bits per heavy atom. The van der Waals surface area contributed by atoms with E-state index in [4.69, 9.17) is 5.26 Å². The fraction of sp³-hybridized carbons (Fsp3) is 0.238. The number of amides is 1. The van der Waals surface area contributed by atoms with Gasteiger partial charge >= 0.3 is 0 Å². The van der Waals surface area contributed by atoms with Gasteiger partial charge in [0.05, 0.1) is 29.0 Å². The Morgan fingerprint density at radius 1 is 1.21 bits per heavy atom. The molecule has 0 radical (unpaired) electrons. The standard InChI is InChI=1S/C21H19N5O2/c22-11-15-3-5-16(6-4-15)18-13-25-26(21(18)28)19-8-7-17(12-24-19)20(27)23-10-9-14-1-2-14/h3-8,12-14,28H,1-2,9-10H2,(H,23,27). The van der Waals surface area contributed by atoms with Crippen LogP contribution in [0, 0.1) is 17.2 Å². The zero-order valence-electron chi connectivity index (χ0n) is 15.2. The summed E-state index contributed by atoms with van der Waals surface area (Å²) >= 11 is 0. The highest BCUT2D eigenvalue weighted by molar-refractivity contribution is 5.93. The molecular formula is C21H19N5O2. The molecule has 2 heterocycles. The van der Waals surface area contributed by atoms with Crippen molar-refractivity contribution in [2.45, 2.75) is 19.3 Å². The molecule has 140 valence electrons.